The summed E-state index contributed by atoms with van der Waals surface area (Å²) >= 11 is 0. The highest BCUT2D eigenvalue weighted by Gasteiger charge is 2.40. The van der Waals surface area contributed by atoms with Crippen LogP contribution >= 0.6 is 0 Å². The fourth-order valence-corrected chi connectivity index (χ4v) is 2.86. The van der Waals surface area contributed by atoms with Crippen molar-refractivity contribution in [2.24, 2.45) is 0 Å². The quantitative estimate of drug-likeness (QED) is 0.865. The molecule has 1 aromatic carbocycles. The Hall–Kier alpha value is -1.59. The molecule has 0 radical (unpaired) electrons. The molecule has 2 saturated heterocycles. The molecule has 2 heterocycles. The summed E-state index contributed by atoms with van der Waals surface area (Å²) in [6, 6.07) is 5.92. The van der Waals surface area contributed by atoms with Gasteiger partial charge in [0, 0.05) is 31.6 Å². The van der Waals surface area contributed by atoms with Gasteiger partial charge < -0.3 is 19.7 Å². The summed E-state index contributed by atoms with van der Waals surface area (Å²) in [7, 11) is 0. The van der Waals surface area contributed by atoms with Crippen LogP contribution in [0, 0.1) is 13.8 Å². The third-order valence-electron chi connectivity index (χ3n) is 4.38. The fourth-order valence-electron chi connectivity index (χ4n) is 2.86. The lowest BCUT2D eigenvalue weighted by molar-refractivity contribution is -0.181. The molecule has 21 heavy (non-hydrogen) atoms. The minimum absolute atomic E-state index is 0.0499. The summed E-state index contributed by atoms with van der Waals surface area (Å²) in [6.07, 6.45) is 1.49. The first-order valence-corrected chi connectivity index (χ1v) is 7.49. The van der Waals surface area contributed by atoms with Crippen molar-refractivity contribution in [1.82, 2.24) is 4.90 Å². The number of hydrogen-bond donors (Lipinski definition) is 1. The van der Waals surface area contributed by atoms with E-state index in [1.54, 1.807) is 0 Å². The van der Waals surface area contributed by atoms with E-state index in [1.165, 1.54) is 11.1 Å². The van der Waals surface area contributed by atoms with Gasteiger partial charge in [0.05, 0.1) is 13.2 Å². The fraction of sp³-hybridized carbons (Fsp3) is 0.562. The van der Waals surface area contributed by atoms with E-state index < -0.39 is 5.79 Å². The first-order valence-electron chi connectivity index (χ1n) is 7.49. The number of ether oxygens (including phenoxy) is 2. The number of hydrogen-bond acceptors (Lipinski definition) is 3. The largest absolute Gasteiger partial charge is 0.347 e. The molecule has 2 amide bonds. The second-order valence-corrected chi connectivity index (χ2v) is 5.82. The monoisotopic (exact) mass is 290 g/mol. The van der Waals surface area contributed by atoms with E-state index >= 15 is 0 Å². The van der Waals surface area contributed by atoms with Crippen molar-refractivity contribution in [2.75, 3.05) is 31.6 Å². The Morgan fingerprint density at radius 1 is 1.14 bits per heavy atom. The van der Waals surface area contributed by atoms with Gasteiger partial charge in [-0.3, -0.25) is 0 Å². The number of urea groups is 1. The number of likely N-dealkylation sites (tertiary alicyclic amines) is 1. The lowest BCUT2D eigenvalue weighted by atomic mass is 10.0. The molecule has 0 saturated carbocycles. The van der Waals surface area contributed by atoms with E-state index in [0.717, 1.165) is 18.5 Å². The Kier molecular flexibility index (Phi) is 3.87. The molecular weight excluding hydrogens is 268 g/mol. The highest BCUT2D eigenvalue weighted by Crippen LogP contribution is 2.31. The minimum atomic E-state index is -0.433. The predicted molar refractivity (Wildman–Crippen MR) is 80.4 cm³/mol. The molecule has 5 nitrogen and oxygen atoms in total. The number of amides is 2. The molecular formula is C16H22N2O3. The average Bonchev–Trinajstić information content (AvgIpc) is 2.92. The molecule has 2 fully saturated rings. The Morgan fingerprint density at radius 3 is 2.43 bits per heavy atom. The topological polar surface area (TPSA) is 50.8 Å². The number of piperidine rings is 1. The summed E-state index contributed by atoms with van der Waals surface area (Å²) in [4.78, 5) is 14.1. The zero-order valence-electron chi connectivity index (χ0n) is 12.6. The van der Waals surface area contributed by atoms with Crippen LogP contribution in [0.15, 0.2) is 18.2 Å². The molecule has 5 heteroatoms. The number of rotatable bonds is 1. The van der Waals surface area contributed by atoms with E-state index in [4.69, 9.17) is 9.47 Å². The minimum Gasteiger partial charge on any atom is -0.347 e. The maximum atomic E-state index is 12.3. The Labute approximate surface area is 125 Å². The van der Waals surface area contributed by atoms with Gasteiger partial charge in [-0.15, -0.1) is 0 Å². The van der Waals surface area contributed by atoms with Crippen LogP contribution in [0.2, 0.25) is 0 Å². The molecule has 0 aromatic heterocycles. The summed E-state index contributed by atoms with van der Waals surface area (Å²) in [5, 5.41) is 2.96. The third-order valence-corrected chi connectivity index (χ3v) is 4.38. The first kappa shape index (κ1) is 14.4. The van der Waals surface area contributed by atoms with Crippen LogP contribution in [0.1, 0.15) is 24.0 Å². The van der Waals surface area contributed by atoms with Gasteiger partial charge in [0.25, 0.3) is 0 Å². The molecule has 2 aliphatic rings. The summed E-state index contributed by atoms with van der Waals surface area (Å²) in [6.45, 7) is 6.76. The number of nitrogens with one attached hydrogen (secondary N) is 1. The Morgan fingerprint density at radius 2 is 1.81 bits per heavy atom. The second kappa shape index (κ2) is 5.66. The van der Waals surface area contributed by atoms with Gasteiger partial charge in [-0.05, 0) is 37.1 Å². The molecule has 1 spiro atoms. The normalized spacial score (nSPS) is 20.8. The molecule has 0 bridgehead atoms. The van der Waals surface area contributed by atoms with Crippen molar-refractivity contribution in [3.63, 3.8) is 0 Å². The molecule has 0 unspecified atom stereocenters. The van der Waals surface area contributed by atoms with Crippen LogP contribution in [-0.4, -0.2) is 43.0 Å². The van der Waals surface area contributed by atoms with Crippen LogP contribution in [0.5, 0.6) is 0 Å². The van der Waals surface area contributed by atoms with Crippen LogP contribution in [-0.2, 0) is 9.47 Å². The van der Waals surface area contributed by atoms with Crippen LogP contribution in [0.3, 0.4) is 0 Å². The maximum absolute atomic E-state index is 12.3. The average molecular weight is 290 g/mol. The lowest BCUT2D eigenvalue weighted by Gasteiger charge is -2.37. The first-order chi connectivity index (χ1) is 10.1. The van der Waals surface area contributed by atoms with Crippen molar-refractivity contribution < 1.29 is 14.3 Å². The van der Waals surface area contributed by atoms with E-state index in [0.29, 0.717) is 26.3 Å². The van der Waals surface area contributed by atoms with Crippen molar-refractivity contribution in [1.29, 1.82) is 0 Å². The van der Waals surface area contributed by atoms with Crippen molar-refractivity contribution in [2.45, 2.75) is 32.5 Å². The maximum Gasteiger partial charge on any atom is 0.321 e. The molecule has 3 rings (SSSR count). The smallest absolute Gasteiger partial charge is 0.321 e. The highest BCUT2D eigenvalue weighted by atomic mass is 16.7. The van der Waals surface area contributed by atoms with E-state index in [1.807, 2.05) is 30.0 Å². The highest BCUT2D eigenvalue weighted by molar-refractivity contribution is 5.89. The van der Waals surface area contributed by atoms with Gasteiger partial charge in [-0.25, -0.2) is 4.79 Å². The van der Waals surface area contributed by atoms with Crippen molar-refractivity contribution in [3.8, 4) is 0 Å². The van der Waals surface area contributed by atoms with Gasteiger partial charge >= 0.3 is 6.03 Å². The lowest BCUT2D eigenvalue weighted by Crippen LogP contribution is -2.48. The Bertz CT molecular complexity index is 528. The Balaban J connectivity index is 1.57. The van der Waals surface area contributed by atoms with Crippen LogP contribution < -0.4 is 5.32 Å². The van der Waals surface area contributed by atoms with E-state index in [9.17, 15) is 4.79 Å². The van der Waals surface area contributed by atoms with Crippen molar-refractivity contribution >= 4 is 11.7 Å². The second-order valence-electron chi connectivity index (χ2n) is 5.82. The van der Waals surface area contributed by atoms with Gasteiger partial charge in [-0.1, -0.05) is 6.07 Å². The number of carbonyl (C=O) groups is 1. The number of benzene rings is 1. The summed E-state index contributed by atoms with van der Waals surface area (Å²) in [5.74, 6) is -0.433. The van der Waals surface area contributed by atoms with Gasteiger partial charge in [0.1, 0.15) is 0 Å². The summed E-state index contributed by atoms with van der Waals surface area (Å²) in [5.41, 5.74) is 3.25. The molecule has 2 aliphatic heterocycles. The van der Waals surface area contributed by atoms with Crippen LogP contribution in [0.25, 0.3) is 0 Å². The van der Waals surface area contributed by atoms with E-state index in [2.05, 4.69) is 12.2 Å². The molecule has 0 atom stereocenters. The van der Waals surface area contributed by atoms with Crippen molar-refractivity contribution in [3.05, 3.63) is 29.3 Å². The van der Waals surface area contributed by atoms with Gasteiger partial charge in [0.2, 0.25) is 0 Å². The van der Waals surface area contributed by atoms with E-state index in [-0.39, 0.29) is 6.03 Å². The zero-order valence-corrected chi connectivity index (χ0v) is 12.6. The molecule has 0 aliphatic carbocycles. The summed E-state index contributed by atoms with van der Waals surface area (Å²) < 4.78 is 11.4. The zero-order chi connectivity index (χ0) is 14.9. The molecule has 1 N–H and O–H groups in total. The number of anilines is 1. The molecule has 114 valence electrons. The number of aryl methyl sites for hydroxylation is 2. The SMILES string of the molecule is Cc1ccc(NC(=O)N2CCC3(CC2)OCCO3)cc1C. The number of carbonyl (C=O) groups excluding carboxylic acids is 1. The van der Waals surface area contributed by atoms with Crippen LogP contribution in [0.4, 0.5) is 10.5 Å². The molecule has 1 aromatic rings. The standard InChI is InChI=1S/C16H22N2O3/c1-12-3-4-14(11-13(12)2)17-15(19)18-7-5-16(6-8-18)20-9-10-21-16/h3-4,11H,5-10H2,1-2H3,(H,17,19). The van der Waals surface area contributed by atoms with Gasteiger partial charge in [-0.2, -0.15) is 0 Å². The third kappa shape index (κ3) is 3.04. The number of nitrogens with zero attached hydrogens (tertiary/aromatic N) is 1. The van der Waals surface area contributed by atoms with Gasteiger partial charge in [0.15, 0.2) is 5.79 Å². The predicted octanol–water partition coefficient (Wildman–Crippen LogP) is 2.67.